The summed E-state index contributed by atoms with van der Waals surface area (Å²) in [4.78, 5) is 15.2. The van der Waals surface area contributed by atoms with Crippen molar-refractivity contribution in [1.29, 1.82) is 0 Å². The molecule has 2 heterocycles. The molecule has 3 aromatic rings. The van der Waals surface area contributed by atoms with Gasteiger partial charge in [0, 0.05) is 6.20 Å². The number of sulfonamides is 1. The summed E-state index contributed by atoms with van der Waals surface area (Å²) in [5.74, 6) is -0.584. The second kappa shape index (κ2) is 8.70. The van der Waals surface area contributed by atoms with Crippen LogP contribution in [0, 0.1) is 0 Å². The average Bonchev–Trinajstić information content (AvgIpc) is 2.77. The van der Waals surface area contributed by atoms with Crippen molar-refractivity contribution in [3.8, 4) is 5.75 Å². The maximum Gasteiger partial charge on any atom is 0.320 e. The highest BCUT2D eigenvalue weighted by atomic mass is 32.2. The Morgan fingerprint density at radius 1 is 1.12 bits per heavy atom. The number of benzene rings is 2. The minimum atomic E-state index is -3.80. The third kappa shape index (κ3) is 4.36. The zero-order chi connectivity index (χ0) is 22.8. The fourth-order valence-electron chi connectivity index (χ4n) is 3.70. The summed E-state index contributed by atoms with van der Waals surface area (Å²) in [7, 11) is -3.80. The monoisotopic (exact) mass is 453 g/mol. The Bertz CT molecular complexity index is 1200. The van der Waals surface area contributed by atoms with E-state index in [-0.39, 0.29) is 24.4 Å². The SMILES string of the molecule is NC(Cc1cccc(S(=O)(=O)N2CC(Oc3cccnc3)(c3ccccc3)C2)c1)C(=O)O. The summed E-state index contributed by atoms with van der Waals surface area (Å²) in [6, 6.07) is 18.1. The Morgan fingerprint density at radius 3 is 2.53 bits per heavy atom. The van der Waals surface area contributed by atoms with Crippen LogP contribution in [0.4, 0.5) is 0 Å². The number of carbonyl (C=O) groups is 1. The van der Waals surface area contributed by atoms with Crippen LogP contribution in [0.25, 0.3) is 0 Å². The molecule has 1 fully saturated rings. The van der Waals surface area contributed by atoms with E-state index in [0.717, 1.165) is 5.56 Å². The molecular formula is C23H23N3O5S. The lowest BCUT2D eigenvalue weighted by Crippen LogP contribution is -2.64. The number of aromatic nitrogens is 1. The van der Waals surface area contributed by atoms with Crippen molar-refractivity contribution in [3.63, 3.8) is 0 Å². The second-order valence-corrected chi connectivity index (χ2v) is 9.66. The van der Waals surface area contributed by atoms with E-state index in [2.05, 4.69) is 4.98 Å². The van der Waals surface area contributed by atoms with Gasteiger partial charge in [-0.05, 0) is 41.8 Å². The summed E-state index contributed by atoms with van der Waals surface area (Å²) in [6.07, 6.45) is 3.27. The predicted octanol–water partition coefficient (Wildman–Crippen LogP) is 2.01. The molecule has 1 aliphatic heterocycles. The highest BCUT2D eigenvalue weighted by Crippen LogP contribution is 2.39. The van der Waals surface area contributed by atoms with Gasteiger partial charge in [0.2, 0.25) is 10.0 Å². The zero-order valence-electron chi connectivity index (χ0n) is 17.2. The van der Waals surface area contributed by atoms with Crippen molar-refractivity contribution in [1.82, 2.24) is 9.29 Å². The van der Waals surface area contributed by atoms with E-state index in [1.807, 2.05) is 30.3 Å². The molecule has 166 valence electrons. The second-order valence-electron chi connectivity index (χ2n) is 7.72. The van der Waals surface area contributed by atoms with Gasteiger partial charge in [0.05, 0.1) is 24.2 Å². The van der Waals surface area contributed by atoms with Gasteiger partial charge in [-0.3, -0.25) is 9.78 Å². The fourth-order valence-corrected chi connectivity index (χ4v) is 5.30. The Balaban J connectivity index is 1.58. The molecule has 0 amide bonds. The minimum absolute atomic E-state index is 0.0385. The van der Waals surface area contributed by atoms with E-state index >= 15 is 0 Å². The lowest BCUT2D eigenvalue weighted by Gasteiger charge is -2.48. The molecular weight excluding hydrogens is 430 g/mol. The van der Waals surface area contributed by atoms with E-state index < -0.39 is 27.6 Å². The molecule has 0 bridgehead atoms. The standard InChI is InChI=1S/C23H23N3O5S/c24-21(22(27)28)13-17-6-4-10-20(12-17)32(29,30)26-15-23(16-26,18-7-2-1-3-8-18)31-19-9-5-11-25-14-19/h1-12,14,21H,13,15-16,24H2,(H,27,28). The largest absolute Gasteiger partial charge is 0.480 e. The Hall–Kier alpha value is -3.27. The molecule has 1 aromatic heterocycles. The fraction of sp³-hybridized carbons (Fsp3) is 0.217. The smallest absolute Gasteiger partial charge is 0.320 e. The molecule has 1 unspecified atom stereocenters. The van der Waals surface area contributed by atoms with Gasteiger partial charge in [0.15, 0.2) is 5.60 Å². The van der Waals surface area contributed by atoms with Crippen molar-refractivity contribution in [3.05, 3.63) is 90.3 Å². The van der Waals surface area contributed by atoms with Gasteiger partial charge in [0.25, 0.3) is 0 Å². The van der Waals surface area contributed by atoms with Gasteiger partial charge in [-0.25, -0.2) is 8.42 Å². The van der Waals surface area contributed by atoms with Crippen LogP contribution < -0.4 is 10.5 Å². The maximum absolute atomic E-state index is 13.3. The topological polar surface area (TPSA) is 123 Å². The Morgan fingerprint density at radius 2 is 1.88 bits per heavy atom. The molecule has 2 aromatic carbocycles. The van der Waals surface area contributed by atoms with Crippen LogP contribution in [0.5, 0.6) is 5.75 Å². The lowest BCUT2D eigenvalue weighted by molar-refractivity contribution is -0.138. The third-order valence-corrected chi connectivity index (χ3v) is 7.21. The first-order chi connectivity index (χ1) is 15.3. The molecule has 1 saturated heterocycles. The molecule has 0 saturated carbocycles. The lowest BCUT2D eigenvalue weighted by atomic mass is 9.87. The Labute approximate surface area is 186 Å². The maximum atomic E-state index is 13.3. The zero-order valence-corrected chi connectivity index (χ0v) is 18.0. The molecule has 0 radical (unpaired) electrons. The number of carboxylic acid groups (broad SMARTS) is 1. The average molecular weight is 454 g/mol. The number of pyridine rings is 1. The molecule has 32 heavy (non-hydrogen) atoms. The van der Waals surface area contributed by atoms with Crippen molar-refractivity contribution >= 4 is 16.0 Å². The van der Waals surface area contributed by atoms with Gasteiger partial charge >= 0.3 is 5.97 Å². The molecule has 8 nitrogen and oxygen atoms in total. The summed E-state index contributed by atoms with van der Waals surface area (Å²) >= 11 is 0. The quantitative estimate of drug-likeness (QED) is 0.535. The highest BCUT2D eigenvalue weighted by molar-refractivity contribution is 7.89. The van der Waals surface area contributed by atoms with E-state index in [1.54, 1.807) is 36.7 Å². The number of nitrogens with two attached hydrogens (primary N) is 1. The van der Waals surface area contributed by atoms with E-state index in [9.17, 15) is 13.2 Å². The van der Waals surface area contributed by atoms with Gasteiger partial charge in [-0.1, -0.05) is 42.5 Å². The van der Waals surface area contributed by atoms with Crippen molar-refractivity contribution < 1.29 is 23.1 Å². The number of rotatable bonds is 8. The van der Waals surface area contributed by atoms with Crippen molar-refractivity contribution in [2.75, 3.05) is 13.1 Å². The number of carboxylic acids is 1. The van der Waals surface area contributed by atoms with Crippen LogP contribution in [0.3, 0.4) is 0 Å². The van der Waals surface area contributed by atoms with Crippen LogP contribution in [-0.2, 0) is 26.8 Å². The van der Waals surface area contributed by atoms with E-state index in [1.165, 1.54) is 16.4 Å². The Kier molecular flexibility index (Phi) is 5.96. The molecule has 1 aliphatic rings. The van der Waals surface area contributed by atoms with E-state index in [0.29, 0.717) is 11.3 Å². The van der Waals surface area contributed by atoms with E-state index in [4.69, 9.17) is 15.6 Å². The molecule has 3 N–H and O–H groups in total. The normalized spacial score (nSPS) is 16.7. The summed E-state index contributed by atoms with van der Waals surface area (Å²) < 4.78 is 34.1. The third-order valence-electron chi connectivity index (χ3n) is 5.42. The van der Waals surface area contributed by atoms with Crippen molar-refractivity contribution in [2.45, 2.75) is 23.0 Å². The van der Waals surface area contributed by atoms with Crippen LogP contribution in [0.15, 0.2) is 84.0 Å². The van der Waals surface area contributed by atoms with Crippen LogP contribution >= 0.6 is 0 Å². The molecule has 0 spiro atoms. The number of hydrogen-bond acceptors (Lipinski definition) is 6. The predicted molar refractivity (Wildman–Crippen MR) is 118 cm³/mol. The number of aliphatic carboxylic acids is 1. The van der Waals surface area contributed by atoms with Crippen LogP contribution in [-0.4, -0.2) is 47.9 Å². The van der Waals surface area contributed by atoms with Crippen LogP contribution in [0.1, 0.15) is 11.1 Å². The molecule has 0 aliphatic carbocycles. The van der Waals surface area contributed by atoms with Gasteiger partial charge in [-0.15, -0.1) is 0 Å². The number of ether oxygens (including phenoxy) is 1. The first-order valence-corrected chi connectivity index (χ1v) is 11.5. The van der Waals surface area contributed by atoms with Crippen molar-refractivity contribution in [2.24, 2.45) is 5.73 Å². The summed E-state index contributed by atoms with van der Waals surface area (Å²) in [6.45, 7) is 0.264. The molecule has 4 rings (SSSR count). The highest BCUT2D eigenvalue weighted by Gasteiger charge is 2.52. The summed E-state index contributed by atoms with van der Waals surface area (Å²) in [5.41, 5.74) is 6.18. The van der Waals surface area contributed by atoms with Gasteiger partial charge in [-0.2, -0.15) is 4.31 Å². The number of nitrogens with zero attached hydrogens (tertiary/aromatic N) is 2. The minimum Gasteiger partial charge on any atom is -0.480 e. The molecule has 1 atom stereocenters. The van der Waals surface area contributed by atoms with Gasteiger partial charge < -0.3 is 15.6 Å². The van der Waals surface area contributed by atoms with Crippen LogP contribution in [0.2, 0.25) is 0 Å². The first-order valence-electron chi connectivity index (χ1n) is 10.0. The molecule has 9 heteroatoms. The number of hydrogen-bond donors (Lipinski definition) is 2. The van der Waals surface area contributed by atoms with Gasteiger partial charge in [0.1, 0.15) is 11.8 Å². The first kappa shape index (κ1) is 21.9. The summed E-state index contributed by atoms with van der Waals surface area (Å²) in [5, 5.41) is 9.03.